The highest BCUT2D eigenvalue weighted by molar-refractivity contribution is 6.09. The summed E-state index contributed by atoms with van der Waals surface area (Å²) in [6.45, 7) is 0. The molecule has 4 heterocycles. The lowest BCUT2D eigenvalue weighted by Crippen LogP contribution is -1.96. The van der Waals surface area contributed by atoms with Crippen LogP contribution in [0.3, 0.4) is 0 Å². The van der Waals surface area contributed by atoms with Crippen LogP contribution < -0.4 is 0 Å². The first-order valence-electron chi connectivity index (χ1n) is 15.0. The molecule has 9 aromatic rings. The van der Waals surface area contributed by atoms with Gasteiger partial charge in [-0.15, -0.1) is 0 Å². The van der Waals surface area contributed by atoms with Crippen molar-refractivity contribution in [3.63, 3.8) is 0 Å². The Morgan fingerprint density at radius 1 is 0.378 bits per heavy atom. The summed E-state index contributed by atoms with van der Waals surface area (Å²) < 4.78 is 2.12. The number of pyridine rings is 2. The molecule has 0 saturated carbocycles. The van der Waals surface area contributed by atoms with Crippen molar-refractivity contribution in [3.05, 3.63) is 152 Å². The molecule has 5 heteroatoms. The molecule has 0 saturated heterocycles. The summed E-state index contributed by atoms with van der Waals surface area (Å²) in [5.74, 6) is 0.689. The first-order chi connectivity index (χ1) is 22.3. The molecule has 9 rings (SSSR count). The summed E-state index contributed by atoms with van der Waals surface area (Å²) in [4.78, 5) is 20.2. The van der Waals surface area contributed by atoms with Crippen LogP contribution in [0.4, 0.5) is 0 Å². The molecule has 0 radical (unpaired) electrons. The molecule has 0 aliphatic rings. The van der Waals surface area contributed by atoms with Crippen LogP contribution >= 0.6 is 0 Å². The number of imidazole rings is 1. The van der Waals surface area contributed by atoms with Gasteiger partial charge in [0.1, 0.15) is 11.2 Å². The number of rotatable bonds is 4. The summed E-state index contributed by atoms with van der Waals surface area (Å²) in [6.07, 6.45) is 2.05. The van der Waals surface area contributed by atoms with Gasteiger partial charge in [-0.05, 0) is 35.4 Å². The minimum atomic E-state index is 0.689. The third-order valence-electron chi connectivity index (χ3n) is 8.43. The zero-order valence-corrected chi connectivity index (χ0v) is 24.2. The van der Waals surface area contributed by atoms with Crippen LogP contribution in [0.25, 0.3) is 83.5 Å². The second kappa shape index (κ2) is 10.2. The van der Waals surface area contributed by atoms with Crippen molar-refractivity contribution in [2.24, 2.45) is 0 Å². The van der Waals surface area contributed by atoms with E-state index in [-0.39, 0.29) is 0 Å². The zero-order valence-electron chi connectivity index (χ0n) is 24.2. The number of benzene rings is 5. The van der Waals surface area contributed by atoms with Crippen LogP contribution in [0.1, 0.15) is 0 Å². The minimum Gasteiger partial charge on any atom is -0.298 e. The van der Waals surface area contributed by atoms with Gasteiger partial charge in [0.2, 0.25) is 0 Å². The lowest BCUT2D eigenvalue weighted by molar-refractivity contribution is 1.22. The van der Waals surface area contributed by atoms with E-state index in [9.17, 15) is 0 Å². The van der Waals surface area contributed by atoms with E-state index in [1.807, 2.05) is 54.6 Å². The molecule has 5 aromatic carbocycles. The summed E-state index contributed by atoms with van der Waals surface area (Å²) in [6, 6.07) is 49.9. The van der Waals surface area contributed by atoms with E-state index in [1.54, 1.807) is 0 Å². The highest BCUT2D eigenvalue weighted by Gasteiger charge is 2.17. The molecule has 0 spiro atoms. The molecule has 4 aromatic heterocycles. The monoisotopic (exact) mass is 575 g/mol. The van der Waals surface area contributed by atoms with Crippen LogP contribution in [-0.2, 0) is 0 Å². The Morgan fingerprint density at radius 2 is 0.956 bits per heavy atom. The number of para-hydroxylation sites is 2. The maximum atomic E-state index is 5.13. The molecule has 0 unspecified atom stereocenters. The fourth-order valence-corrected chi connectivity index (χ4v) is 6.21. The van der Waals surface area contributed by atoms with Gasteiger partial charge < -0.3 is 0 Å². The first kappa shape index (κ1) is 25.3. The maximum absolute atomic E-state index is 5.13. The van der Waals surface area contributed by atoms with Crippen molar-refractivity contribution in [3.8, 4) is 45.0 Å². The van der Waals surface area contributed by atoms with E-state index in [1.165, 1.54) is 11.1 Å². The van der Waals surface area contributed by atoms with Gasteiger partial charge in [-0.25, -0.2) is 19.9 Å². The second-order valence-corrected chi connectivity index (χ2v) is 11.1. The molecule has 45 heavy (non-hydrogen) atoms. The van der Waals surface area contributed by atoms with Gasteiger partial charge in [-0.1, -0.05) is 121 Å². The molecule has 0 aliphatic heterocycles. The minimum absolute atomic E-state index is 0.689. The predicted octanol–water partition coefficient (Wildman–Crippen LogP) is 9.65. The van der Waals surface area contributed by atoms with Crippen molar-refractivity contribution in [2.45, 2.75) is 0 Å². The number of hydrogen-bond donors (Lipinski definition) is 0. The third-order valence-corrected chi connectivity index (χ3v) is 8.43. The number of nitrogens with zero attached hydrogens (tertiary/aromatic N) is 5. The number of aromatic nitrogens is 5. The van der Waals surface area contributed by atoms with E-state index < -0.39 is 0 Å². The van der Waals surface area contributed by atoms with Crippen molar-refractivity contribution >= 4 is 38.5 Å². The maximum Gasteiger partial charge on any atom is 0.160 e. The van der Waals surface area contributed by atoms with Crippen LogP contribution in [0.15, 0.2) is 152 Å². The number of hydrogen-bond acceptors (Lipinski definition) is 4. The van der Waals surface area contributed by atoms with Gasteiger partial charge in [0.05, 0.1) is 27.9 Å². The quantitative estimate of drug-likeness (QED) is 0.210. The first-order valence-corrected chi connectivity index (χ1v) is 15.0. The van der Waals surface area contributed by atoms with Crippen molar-refractivity contribution < 1.29 is 0 Å². The summed E-state index contributed by atoms with van der Waals surface area (Å²) >= 11 is 0. The van der Waals surface area contributed by atoms with Gasteiger partial charge in [0.25, 0.3) is 0 Å². The van der Waals surface area contributed by atoms with Crippen LogP contribution in [0, 0.1) is 0 Å². The third kappa shape index (κ3) is 4.25. The Hall–Kier alpha value is -6.20. The van der Waals surface area contributed by atoms with Crippen molar-refractivity contribution in [1.29, 1.82) is 0 Å². The average Bonchev–Trinajstić information content (AvgIpc) is 3.52. The molecule has 5 nitrogen and oxygen atoms in total. The molecule has 0 atom stereocenters. The predicted molar refractivity (Wildman–Crippen MR) is 183 cm³/mol. The topological polar surface area (TPSA) is 56.0 Å². The summed E-state index contributed by atoms with van der Waals surface area (Å²) in [7, 11) is 0. The Balaban J connectivity index is 1.16. The van der Waals surface area contributed by atoms with Gasteiger partial charge in [-0.2, -0.15) is 0 Å². The van der Waals surface area contributed by atoms with E-state index in [0.29, 0.717) is 5.82 Å². The standard InChI is InChI=1S/C40H25N5/c1-2-10-26(11-3-1)27-17-19-28(20-18-27)36-31-12-4-7-15-34(31)42-40(44-36)30-23-21-29(22-24-30)37-39-38(32-13-5-6-14-33(32)41-37)43-35-16-8-9-25-45(35)39/h1-25H. The summed E-state index contributed by atoms with van der Waals surface area (Å²) in [5, 5.41) is 2.08. The highest BCUT2D eigenvalue weighted by atomic mass is 15.0. The largest absolute Gasteiger partial charge is 0.298 e. The van der Waals surface area contributed by atoms with E-state index in [0.717, 1.165) is 66.6 Å². The fourth-order valence-electron chi connectivity index (χ4n) is 6.21. The average molecular weight is 576 g/mol. The molecule has 0 amide bonds. The highest BCUT2D eigenvalue weighted by Crippen LogP contribution is 2.35. The van der Waals surface area contributed by atoms with Gasteiger partial charge in [0, 0.05) is 33.7 Å². The van der Waals surface area contributed by atoms with Crippen molar-refractivity contribution in [2.75, 3.05) is 0 Å². The van der Waals surface area contributed by atoms with Crippen LogP contribution in [0.2, 0.25) is 0 Å². The number of fused-ring (bicyclic) bond motifs is 6. The molecular formula is C40H25N5. The zero-order chi connectivity index (χ0) is 29.7. The Morgan fingerprint density at radius 3 is 1.73 bits per heavy atom. The van der Waals surface area contributed by atoms with E-state index >= 15 is 0 Å². The molecule has 0 fully saturated rings. The molecule has 0 N–H and O–H groups in total. The Bertz CT molecular complexity index is 2520. The second-order valence-electron chi connectivity index (χ2n) is 11.1. The lowest BCUT2D eigenvalue weighted by Gasteiger charge is -2.11. The van der Waals surface area contributed by atoms with Crippen LogP contribution in [-0.4, -0.2) is 24.3 Å². The lowest BCUT2D eigenvalue weighted by atomic mass is 10.0. The molecule has 0 bridgehead atoms. The van der Waals surface area contributed by atoms with Crippen LogP contribution in [0.5, 0.6) is 0 Å². The van der Waals surface area contributed by atoms with Gasteiger partial charge in [0.15, 0.2) is 5.82 Å². The smallest absolute Gasteiger partial charge is 0.160 e. The molecule has 210 valence electrons. The summed E-state index contributed by atoms with van der Waals surface area (Å²) in [5.41, 5.74) is 11.9. The van der Waals surface area contributed by atoms with Crippen molar-refractivity contribution in [1.82, 2.24) is 24.3 Å². The Labute approximate surface area is 259 Å². The molecule has 0 aliphatic carbocycles. The fraction of sp³-hybridized carbons (Fsp3) is 0. The molecular weight excluding hydrogens is 550 g/mol. The van der Waals surface area contributed by atoms with E-state index in [2.05, 4.69) is 102 Å². The Kier molecular flexibility index (Phi) is 5.74. The SMILES string of the molecule is c1ccc(-c2ccc(-c3nc(-c4ccc(-c5nc6ccccc6c6nc7ccccn7c56)cc4)nc4ccccc34)cc2)cc1. The normalized spacial score (nSPS) is 11.6. The van der Waals surface area contributed by atoms with Gasteiger partial charge >= 0.3 is 0 Å². The van der Waals surface area contributed by atoms with E-state index in [4.69, 9.17) is 19.9 Å². The van der Waals surface area contributed by atoms with Gasteiger partial charge in [-0.3, -0.25) is 4.40 Å².